The van der Waals surface area contributed by atoms with Crippen molar-refractivity contribution in [3.8, 4) is 0 Å². The normalized spacial score (nSPS) is 12.4. The Labute approximate surface area is 118 Å². The van der Waals surface area contributed by atoms with Gasteiger partial charge in [0.25, 0.3) is 0 Å². The summed E-state index contributed by atoms with van der Waals surface area (Å²) in [6, 6.07) is 13.5. The molecule has 0 aromatic heterocycles. The lowest BCUT2D eigenvalue weighted by Crippen LogP contribution is -2.18. The summed E-state index contributed by atoms with van der Waals surface area (Å²) in [6.45, 7) is 4.59. The molecule has 0 aliphatic heterocycles. The highest BCUT2D eigenvalue weighted by Gasteiger charge is 2.09. The summed E-state index contributed by atoms with van der Waals surface area (Å²) in [5.74, 6) is -0.340. The van der Waals surface area contributed by atoms with E-state index in [1.54, 1.807) is 18.2 Å². The van der Waals surface area contributed by atoms with Crippen molar-refractivity contribution < 1.29 is 4.39 Å². The third-order valence-corrected chi connectivity index (χ3v) is 3.46. The molecular weight excluding hydrogens is 261 g/mol. The summed E-state index contributed by atoms with van der Waals surface area (Å²) in [6.07, 6.45) is 0. The van der Waals surface area contributed by atoms with Gasteiger partial charge in [-0.3, -0.25) is 0 Å². The monoisotopic (exact) mass is 277 g/mol. The minimum absolute atomic E-state index is 0.165. The van der Waals surface area contributed by atoms with Gasteiger partial charge in [0.2, 0.25) is 0 Å². The van der Waals surface area contributed by atoms with Gasteiger partial charge in [-0.05, 0) is 25.5 Å². The van der Waals surface area contributed by atoms with Gasteiger partial charge in [-0.15, -0.1) is 0 Å². The highest BCUT2D eigenvalue weighted by atomic mass is 35.5. The van der Waals surface area contributed by atoms with Crippen LogP contribution in [0.15, 0.2) is 42.5 Å². The molecule has 0 aliphatic carbocycles. The zero-order chi connectivity index (χ0) is 13.8. The maximum atomic E-state index is 13.7. The third kappa shape index (κ3) is 3.55. The van der Waals surface area contributed by atoms with Gasteiger partial charge in [-0.2, -0.15) is 0 Å². The van der Waals surface area contributed by atoms with Crippen molar-refractivity contribution in [1.82, 2.24) is 5.32 Å². The van der Waals surface area contributed by atoms with E-state index in [0.29, 0.717) is 12.1 Å². The summed E-state index contributed by atoms with van der Waals surface area (Å²) in [4.78, 5) is 0. The zero-order valence-electron chi connectivity index (χ0n) is 11.1. The largest absolute Gasteiger partial charge is 0.306 e. The average molecular weight is 278 g/mol. The number of hydrogen-bond donors (Lipinski definition) is 1. The maximum Gasteiger partial charge on any atom is 0.146 e. The number of hydrogen-bond acceptors (Lipinski definition) is 1. The summed E-state index contributed by atoms with van der Waals surface area (Å²) < 4.78 is 13.7. The van der Waals surface area contributed by atoms with Gasteiger partial charge in [0.15, 0.2) is 0 Å². The Bertz CT molecular complexity index is 568. The molecule has 2 aromatic rings. The topological polar surface area (TPSA) is 12.0 Å². The van der Waals surface area contributed by atoms with Crippen molar-refractivity contribution in [3.63, 3.8) is 0 Å². The first-order valence-corrected chi connectivity index (χ1v) is 6.68. The van der Waals surface area contributed by atoms with Crippen LogP contribution in [0.25, 0.3) is 0 Å². The van der Waals surface area contributed by atoms with Crippen LogP contribution in [0.4, 0.5) is 4.39 Å². The van der Waals surface area contributed by atoms with Gasteiger partial charge in [0, 0.05) is 18.2 Å². The van der Waals surface area contributed by atoms with Crippen LogP contribution in [-0.4, -0.2) is 0 Å². The summed E-state index contributed by atoms with van der Waals surface area (Å²) in [5.41, 5.74) is 3.01. The van der Waals surface area contributed by atoms with Crippen LogP contribution in [-0.2, 0) is 6.54 Å². The number of nitrogens with one attached hydrogen (secondary N) is 1. The van der Waals surface area contributed by atoms with E-state index in [1.807, 2.05) is 6.07 Å². The van der Waals surface area contributed by atoms with Crippen molar-refractivity contribution in [3.05, 3.63) is 70.0 Å². The number of rotatable bonds is 4. The van der Waals surface area contributed by atoms with E-state index in [2.05, 4.69) is 37.4 Å². The van der Waals surface area contributed by atoms with Gasteiger partial charge in [-0.1, -0.05) is 53.6 Å². The number of benzene rings is 2. The van der Waals surface area contributed by atoms with Crippen LogP contribution in [0.3, 0.4) is 0 Å². The minimum atomic E-state index is -0.340. The molecule has 1 nitrogen and oxygen atoms in total. The molecule has 0 radical (unpaired) electrons. The molecule has 3 heteroatoms. The van der Waals surface area contributed by atoms with E-state index in [9.17, 15) is 4.39 Å². The fourth-order valence-corrected chi connectivity index (χ4v) is 2.20. The first kappa shape index (κ1) is 14.0. The van der Waals surface area contributed by atoms with Gasteiger partial charge in [0.1, 0.15) is 5.82 Å². The summed E-state index contributed by atoms with van der Waals surface area (Å²) in [7, 11) is 0. The molecule has 19 heavy (non-hydrogen) atoms. The minimum Gasteiger partial charge on any atom is -0.306 e. The van der Waals surface area contributed by atoms with Gasteiger partial charge < -0.3 is 5.32 Å². The second kappa shape index (κ2) is 6.18. The van der Waals surface area contributed by atoms with Crippen molar-refractivity contribution in [2.45, 2.75) is 26.4 Å². The average Bonchev–Trinajstić information content (AvgIpc) is 2.40. The quantitative estimate of drug-likeness (QED) is 0.858. The Hall–Kier alpha value is -1.38. The molecule has 2 rings (SSSR count). The SMILES string of the molecule is Cc1cccc([C@@H](C)NCc2cccc(Cl)c2F)c1. The van der Waals surface area contributed by atoms with Gasteiger partial charge >= 0.3 is 0 Å². The fraction of sp³-hybridized carbons (Fsp3) is 0.250. The zero-order valence-corrected chi connectivity index (χ0v) is 11.8. The molecule has 0 unspecified atom stereocenters. The second-order valence-electron chi connectivity index (χ2n) is 4.73. The Balaban J connectivity index is 2.04. The van der Waals surface area contributed by atoms with E-state index >= 15 is 0 Å². The van der Waals surface area contributed by atoms with Gasteiger partial charge in [0.05, 0.1) is 5.02 Å². The first-order chi connectivity index (χ1) is 9.08. The van der Waals surface area contributed by atoms with Crippen LogP contribution in [0.2, 0.25) is 5.02 Å². The number of aryl methyl sites for hydroxylation is 1. The van der Waals surface area contributed by atoms with E-state index in [1.165, 1.54) is 11.1 Å². The lowest BCUT2D eigenvalue weighted by Gasteiger charge is -2.15. The van der Waals surface area contributed by atoms with E-state index in [4.69, 9.17) is 11.6 Å². The first-order valence-electron chi connectivity index (χ1n) is 6.31. The maximum absolute atomic E-state index is 13.7. The van der Waals surface area contributed by atoms with Crippen molar-refractivity contribution in [1.29, 1.82) is 0 Å². The molecule has 0 saturated carbocycles. The highest BCUT2D eigenvalue weighted by Crippen LogP contribution is 2.19. The predicted molar refractivity (Wildman–Crippen MR) is 77.8 cm³/mol. The third-order valence-electron chi connectivity index (χ3n) is 3.17. The second-order valence-corrected chi connectivity index (χ2v) is 5.14. The molecule has 1 atom stereocenters. The fourth-order valence-electron chi connectivity index (χ4n) is 2.01. The van der Waals surface area contributed by atoms with Crippen LogP contribution < -0.4 is 5.32 Å². The predicted octanol–water partition coefficient (Wildman–Crippen LogP) is 4.64. The highest BCUT2D eigenvalue weighted by molar-refractivity contribution is 6.30. The van der Waals surface area contributed by atoms with Crippen molar-refractivity contribution >= 4 is 11.6 Å². The Kier molecular flexibility index (Phi) is 4.56. The molecule has 100 valence electrons. The van der Waals surface area contributed by atoms with Crippen molar-refractivity contribution in [2.75, 3.05) is 0 Å². The van der Waals surface area contributed by atoms with E-state index in [0.717, 1.165) is 0 Å². The molecule has 0 heterocycles. The molecule has 0 amide bonds. The van der Waals surface area contributed by atoms with Gasteiger partial charge in [-0.25, -0.2) is 4.39 Å². The molecule has 0 aliphatic rings. The molecule has 0 spiro atoms. The van der Waals surface area contributed by atoms with E-state index in [-0.39, 0.29) is 16.9 Å². The molecule has 0 saturated heterocycles. The lowest BCUT2D eigenvalue weighted by molar-refractivity contribution is 0.544. The molecule has 2 aromatic carbocycles. The molecule has 1 N–H and O–H groups in total. The van der Waals surface area contributed by atoms with Crippen molar-refractivity contribution in [2.24, 2.45) is 0 Å². The summed E-state index contributed by atoms with van der Waals surface area (Å²) >= 11 is 5.76. The Morgan fingerprint density at radius 2 is 1.95 bits per heavy atom. The molecular formula is C16H17ClFN. The summed E-state index contributed by atoms with van der Waals surface area (Å²) in [5, 5.41) is 3.48. The van der Waals surface area contributed by atoms with E-state index < -0.39 is 0 Å². The molecule has 0 bridgehead atoms. The van der Waals surface area contributed by atoms with Crippen LogP contribution in [0, 0.1) is 12.7 Å². The van der Waals surface area contributed by atoms with Crippen LogP contribution >= 0.6 is 11.6 Å². The lowest BCUT2D eigenvalue weighted by atomic mass is 10.1. The Morgan fingerprint density at radius 1 is 1.21 bits per heavy atom. The van der Waals surface area contributed by atoms with Crippen LogP contribution in [0.1, 0.15) is 29.7 Å². The smallest absolute Gasteiger partial charge is 0.146 e. The van der Waals surface area contributed by atoms with Crippen LogP contribution in [0.5, 0.6) is 0 Å². The Morgan fingerprint density at radius 3 is 2.68 bits per heavy atom. The standard InChI is InChI=1S/C16H17ClFN/c1-11-5-3-6-13(9-11)12(2)19-10-14-7-4-8-15(17)16(14)18/h3-9,12,19H,10H2,1-2H3/t12-/m1/s1. The number of halogens is 2. The molecule has 0 fully saturated rings.